The molecule has 0 aliphatic carbocycles. The number of rotatable bonds is 7. The molecule has 0 spiro atoms. The number of sulfonamides is 1. The molecule has 0 aliphatic rings. The van der Waals surface area contributed by atoms with E-state index in [2.05, 4.69) is 49.0 Å². The Labute approximate surface area is 116 Å². The quantitative estimate of drug-likeness (QED) is 0.752. The highest BCUT2D eigenvalue weighted by molar-refractivity contribution is 7.88. The van der Waals surface area contributed by atoms with Crippen molar-refractivity contribution in [1.82, 2.24) is 10.0 Å². The molecule has 0 unspecified atom stereocenters. The highest BCUT2D eigenvalue weighted by Crippen LogP contribution is 2.18. The van der Waals surface area contributed by atoms with Crippen molar-refractivity contribution in [2.75, 3.05) is 19.3 Å². The van der Waals surface area contributed by atoms with Gasteiger partial charge in [0, 0.05) is 12.6 Å². The molecule has 19 heavy (non-hydrogen) atoms. The maximum Gasteiger partial charge on any atom is 0.208 e. The van der Waals surface area contributed by atoms with E-state index in [4.69, 9.17) is 0 Å². The Morgan fingerprint density at radius 1 is 1.21 bits per heavy atom. The zero-order valence-corrected chi connectivity index (χ0v) is 13.0. The summed E-state index contributed by atoms with van der Waals surface area (Å²) in [6.45, 7) is 7.60. The summed E-state index contributed by atoms with van der Waals surface area (Å²) in [6.07, 6.45) is 1.96. The Kier molecular flexibility index (Phi) is 5.97. The Balaban J connectivity index is 2.37. The molecule has 0 radical (unpaired) electrons. The molecule has 4 nitrogen and oxygen atoms in total. The van der Waals surface area contributed by atoms with Crippen LogP contribution in [0.3, 0.4) is 0 Å². The van der Waals surface area contributed by atoms with E-state index in [1.807, 2.05) is 0 Å². The van der Waals surface area contributed by atoms with Gasteiger partial charge >= 0.3 is 0 Å². The van der Waals surface area contributed by atoms with Crippen LogP contribution >= 0.6 is 0 Å². The minimum absolute atomic E-state index is 0.277. The van der Waals surface area contributed by atoms with Gasteiger partial charge in [0.1, 0.15) is 0 Å². The van der Waals surface area contributed by atoms with Crippen LogP contribution in [0.4, 0.5) is 0 Å². The summed E-state index contributed by atoms with van der Waals surface area (Å²) < 4.78 is 24.3. The molecule has 1 aromatic rings. The van der Waals surface area contributed by atoms with E-state index in [1.54, 1.807) is 0 Å². The molecule has 5 heteroatoms. The summed E-state index contributed by atoms with van der Waals surface area (Å²) in [4.78, 5) is 0. The Morgan fingerprint density at radius 2 is 1.89 bits per heavy atom. The SMILES string of the molecule is Cc1ccc([C@H](C)NCCCNS(C)(=O)=O)c(C)c1. The van der Waals surface area contributed by atoms with Crippen molar-refractivity contribution in [3.05, 3.63) is 34.9 Å². The molecule has 0 aliphatic heterocycles. The molecule has 2 N–H and O–H groups in total. The number of benzene rings is 1. The third-order valence-corrected chi connectivity index (χ3v) is 3.79. The largest absolute Gasteiger partial charge is 0.310 e. The lowest BCUT2D eigenvalue weighted by molar-refractivity contribution is 0.547. The van der Waals surface area contributed by atoms with Crippen LogP contribution < -0.4 is 10.0 Å². The van der Waals surface area contributed by atoms with Gasteiger partial charge in [0.25, 0.3) is 0 Å². The number of aryl methyl sites for hydroxylation is 2. The van der Waals surface area contributed by atoms with Crippen LogP contribution in [-0.4, -0.2) is 27.8 Å². The van der Waals surface area contributed by atoms with Gasteiger partial charge in [-0.05, 0) is 44.9 Å². The molecule has 1 rings (SSSR count). The van der Waals surface area contributed by atoms with Gasteiger partial charge in [-0.1, -0.05) is 23.8 Å². The summed E-state index contributed by atoms with van der Waals surface area (Å²) in [5, 5.41) is 3.41. The van der Waals surface area contributed by atoms with Crippen LogP contribution in [0.15, 0.2) is 18.2 Å². The molecule has 0 saturated heterocycles. The summed E-state index contributed by atoms with van der Waals surface area (Å²) in [7, 11) is -3.07. The molecule has 0 saturated carbocycles. The van der Waals surface area contributed by atoms with E-state index in [0.29, 0.717) is 6.54 Å². The summed E-state index contributed by atoms with van der Waals surface area (Å²) in [6, 6.07) is 6.72. The van der Waals surface area contributed by atoms with Crippen LogP contribution in [0.1, 0.15) is 36.1 Å². The number of nitrogens with one attached hydrogen (secondary N) is 2. The molecular formula is C14H24N2O2S. The molecule has 108 valence electrons. The lowest BCUT2D eigenvalue weighted by atomic mass is 10.0. The highest BCUT2D eigenvalue weighted by atomic mass is 32.2. The molecule has 0 fully saturated rings. The van der Waals surface area contributed by atoms with E-state index >= 15 is 0 Å². The molecular weight excluding hydrogens is 260 g/mol. The Hall–Kier alpha value is -0.910. The number of hydrogen-bond donors (Lipinski definition) is 2. The van der Waals surface area contributed by atoms with Gasteiger partial charge in [-0.25, -0.2) is 13.1 Å². The third-order valence-electron chi connectivity index (χ3n) is 3.06. The Morgan fingerprint density at radius 3 is 2.47 bits per heavy atom. The van der Waals surface area contributed by atoms with Crippen molar-refractivity contribution in [2.45, 2.75) is 33.2 Å². The smallest absolute Gasteiger partial charge is 0.208 e. The zero-order valence-electron chi connectivity index (χ0n) is 12.2. The van der Waals surface area contributed by atoms with Gasteiger partial charge in [0.15, 0.2) is 0 Å². The first-order chi connectivity index (χ1) is 8.79. The van der Waals surface area contributed by atoms with Crippen molar-refractivity contribution in [2.24, 2.45) is 0 Å². The van der Waals surface area contributed by atoms with Gasteiger partial charge in [-0.15, -0.1) is 0 Å². The van der Waals surface area contributed by atoms with Gasteiger partial charge in [0.2, 0.25) is 10.0 Å². The average Bonchev–Trinajstić information content (AvgIpc) is 2.26. The van der Waals surface area contributed by atoms with E-state index in [9.17, 15) is 8.42 Å². The normalized spacial score (nSPS) is 13.5. The van der Waals surface area contributed by atoms with Crippen molar-refractivity contribution in [3.8, 4) is 0 Å². The van der Waals surface area contributed by atoms with Crippen molar-refractivity contribution < 1.29 is 8.42 Å². The van der Waals surface area contributed by atoms with Crippen LogP contribution in [0, 0.1) is 13.8 Å². The van der Waals surface area contributed by atoms with E-state index < -0.39 is 10.0 Å². The van der Waals surface area contributed by atoms with Gasteiger partial charge in [-0.2, -0.15) is 0 Å². The van der Waals surface area contributed by atoms with Crippen LogP contribution in [0.2, 0.25) is 0 Å². The third kappa shape index (κ3) is 6.18. The average molecular weight is 284 g/mol. The van der Waals surface area contributed by atoms with Crippen LogP contribution in [0.5, 0.6) is 0 Å². The topological polar surface area (TPSA) is 58.2 Å². The lowest BCUT2D eigenvalue weighted by Gasteiger charge is -2.17. The fourth-order valence-electron chi connectivity index (χ4n) is 2.09. The Bertz CT molecular complexity index is 512. The van der Waals surface area contributed by atoms with Crippen molar-refractivity contribution in [3.63, 3.8) is 0 Å². The van der Waals surface area contributed by atoms with Gasteiger partial charge in [-0.3, -0.25) is 0 Å². The zero-order chi connectivity index (χ0) is 14.5. The molecule has 0 aromatic heterocycles. The second-order valence-electron chi connectivity index (χ2n) is 5.06. The maximum absolute atomic E-state index is 10.9. The van der Waals surface area contributed by atoms with Gasteiger partial charge < -0.3 is 5.32 Å². The molecule has 0 bridgehead atoms. The van der Waals surface area contributed by atoms with E-state index in [1.165, 1.54) is 22.9 Å². The summed E-state index contributed by atoms with van der Waals surface area (Å²) >= 11 is 0. The number of hydrogen-bond acceptors (Lipinski definition) is 3. The predicted molar refractivity (Wildman–Crippen MR) is 79.8 cm³/mol. The second-order valence-corrected chi connectivity index (χ2v) is 6.89. The molecule has 1 aromatic carbocycles. The summed E-state index contributed by atoms with van der Waals surface area (Å²) in [5.74, 6) is 0. The summed E-state index contributed by atoms with van der Waals surface area (Å²) in [5.41, 5.74) is 3.85. The van der Waals surface area contributed by atoms with E-state index in [0.717, 1.165) is 13.0 Å². The standard InChI is InChI=1S/C14H24N2O2S/c1-11-6-7-14(12(2)10-11)13(3)15-8-5-9-16-19(4,17)18/h6-7,10,13,15-16H,5,8-9H2,1-4H3/t13-/m0/s1. The van der Waals surface area contributed by atoms with Crippen LogP contribution in [-0.2, 0) is 10.0 Å². The first-order valence-electron chi connectivity index (χ1n) is 6.55. The fourth-order valence-corrected chi connectivity index (χ4v) is 2.60. The molecule has 0 amide bonds. The predicted octanol–water partition coefficient (Wildman–Crippen LogP) is 1.89. The monoisotopic (exact) mass is 284 g/mol. The minimum Gasteiger partial charge on any atom is -0.310 e. The molecule has 1 atom stereocenters. The lowest BCUT2D eigenvalue weighted by Crippen LogP contribution is -2.27. The van der Waals surface area contributed by atoms with Crippen molar-refractivity contribution >= 4 is 10.0 Å². The van der Waals surface area contributed by atoms with Crippen LogP contribution in [0.25, 0.3) is 0 Å². The second kappa shape index (κ2) is 7.03. The maximum atomic E-state index is 10.9. The van der Waals surface area contributed by atoms with E-state index in [-0.39, 0.29) is 6.04 Å². The minimum atomic E-state index is -3.07. The first kappa shape index (κ1) is 16.1. The van der Waals surface area contributed by atoms with Crippen molar-refractivity contribution in [1.29, 1.82) is 0 Å². The first-order valence-corrected chi connectivity index (χ1v) is 8.44. The van der Waals surface area contributed by atoms with Gasteiger partial charge in [0.05, 0.1) is 6.26 Å². The highest BCUT2D eigenvalue weighted by Gasteiger charge is 2.07. The fraction of sp³-hybridized carbons (Fsp3) is 0.571. The molecule has 0 heterocycles.